The number of hydrogen-bond donors (Lipinski definition) is 1. The van der Waals surface area contributed by atoms with E-state index in [1.807, 2.05) is 0 Å². The number of carbonyl (C=O) groups excluding carboxylic acids is 1. The largest absolute Gasteiger partial charge is 0.489 e. The van der Waals surface area contributed by atoms with Gasteiger partial charge in [0.05, 0.1) is 6.61 Å². The lowest BCUT2D eigenvalue weighted by atomic mass is 10.00. The minimum atomic E-state index is -2.99. The second-order valence-electron chi connectivity index (χ2n) is 7.97. The van der Waals surface area contributed by atoms with Gasteiger partial charge in [0.15, 0.2) is 11.5 Å². The third-order valence-electron chi connectivity index (χ3n) is 5.32. The highest BCUT2D eigenvalue weighted by Crippen LogP contribution is 2.39. The van der Waals surface area contributed by atoms with Crippen LogP contribution in [0.3, 0.4) is 0 Å². The van der Waals surface area contributed by atoms with Gasteiger partial charge in [0, 0.05) is 34.5 Å². The van der Waals surface area contributed by atoms with Gasteiger partial charge < -0.3 is 19.5 Å². The van der Waals surface area contributed by atoms with Crippen LogP contribution in [-0.2, 0) is 9.53 Å². The first-order chi connectivity index (χ1) is 15.7. The van der Waals surface area contributed by atoms with E-state index in [9.17, 15) is 13.6 Å². The molecule has 0 spiro atoms. The molecule has 10 heteroatoms. The normalized spacial score (nSPS) is 20.1. The van der Waals surface area contributed by atoms with Gasteiger partial charge in [-0.25, -0.2) is 0 Å². The van der Waals surface area contributed by atoms with Crippen LogP contribution in [0.4, 0.5) is 8.78 Å². The number of nitrogens with one attached hydrogen (secondary N) is 1. The predicted molar refractivity (Wildman–Crippen MR) is 127 cm³/mol. The van der Waals surface area contributed by atoms with Crippen molar-refractivity contribution in [2.45, 2.75) is 44.9 Å². The number of esters is 1. The molecule has 1 aliphatic carbocycles. The number of carbonyl (C=O) groups is 1. The fourth-order valence-corrected chi connectivity index (χ4v) is 4.69. The molecule has 1 aromatic carbocycles. The molecular weight excluding hydrogens is 495 g/mol. The molecule has 0 bridgehead atoms. The fraction of sp³-hybridized carbons (Fsp3) is 0.522. The van der Waals surface area contributed by atoms with Crippen molar-refractivity contribution in [2.24, 2.45) is 5.92 Å². The van der Waals surface area contributed by atoms with Crippen LogP contribution in [0.25, 0.3) is 0 Å². The Kier molecular flexibility index (Phi) is 9.73. The molecule has 1 N–H and O–H groups in total. The lowest BCUT2D eigenvalue weighted by Gasteiger charge is -2.26. The van der Waals surface area contributed by atoms with Crippen LogP contribution in [0.5, 0.6) is 11.5 Å². The van der Waals surface area contributed by atoms with E-state index < -0.39 is 24.7 Å². The fourth-order valence-electron chi connectivity index (χ4n) is 3.31. The molecule has 2 atom stereocenters. The van der Waals surface area contributed by atoms with Crippen LogP contribution >= 0.6 is 35.0 Å². The molecule has 1 heterocycles. The zero-order chi connectivity index (χ0) is 24.0. The van der Waals surface area contributed by atoms with E-state index in [4.69, 9.17) is 32.7 Å². The second-order valence-corrected chi connectivity index (χ2v) is 10.1. The molecule has 33 heavy (non-hydrogen) atoms. The summed E-state index contributed by atoms with van der Waals surface area (Å²) in [5.74, 6) is 1.62. The first-order valence-corrected chi connectivity index (χ1v) is 12.6. The minimum Gasteiger partial charge on any atom is -0.489 e. The number of allylic oxidation sites excluding steroid dienone is 2. The summed E-state index contributed by atoms with van der Waals surface area (Å²) in [7, 11) is 0. The van der Waals surface area contributed by atoms with E-state index >= 15 is 0 Å². The van der Waals surface area contributed by atoms with Gasteiger partial charge in [0.1, 0.15) is 12.1 Å². The number of ether oxygens (including phenoxy) is 3. The Morgan fingerprint density at radius 1 is 1.30 bits per heavy atom. The van der Waals surface area contributed by atoms with Crippen molar-refractivity contribution in [1.29, 1.82) is 0 Å². The number of rotatable bonds is 11. The summed E-state index contributed by atoms with van der Waals surface area (Å²) in [5, 5.41) is 3.81. The highest BCUT2D eigenvalue weighted by molar-refractivity contribution is 7.99. The number of hydrogen-bond acceptors (Lipinski definition) is 6. The highest BCUT2D eigenvalue weighted by atomic mass is 35.5. The van der Waals surface area contributed by atoms with Crippen molar-refractivity contribution in [3.05, 3.63) is 46.0 Å². The first kappa shape index (κ1) is 26.1. The molecule has 3 rings (SSSR count). The quantitative estimate of drug-likeness (QED) is 0.283. The van der Waals surface area contributed by atoms with Gasteiger partial charge in [-0.3, -0.25) is 4.79 Å². The molecule has 1 saturated heterocycles. The maximum Gasteiger partial charge on any atom is 0.387 e. The van der Waals surface area contributed by atoms with Crippen LogP contribution in [-0.4, -0.2) is 43.3 Å². The van der Waals surface area contributed by atoms with Crippen LogP contribution in [0.1, 0.15) is 37.9 Å². The van der Waals surface area contributed by atoms with E-state index in [-0.39, 0.29) is 23.0 Å². The van der Waals surface area contributed by atoms with E-state index in [0.717, 1.165) is 18.6 Å². The molecule has 0 amide bonds. The Bertz CT molecular complexity index is 885. The highest BCUT2D eigenvalue weighted by Gasteiger charge is 2.29. The van der Waals surface area contributed by atoms with Crippen LogP contribution in [0.2, 0.25) is 0 Å². The summed E-state index contributed by atoms with van der Waals surface area (Å²) >= 11 is 14.0. The van der Waals surface area contributed by atoms with Crippen molar-refractivity contribution in [3.8, 4) is 11.5 Å². The minimum absolute atomic E-state index is 0.0733. The smallest absolute Gasteiger partial charge is 0.387 e. The van der Waals surface area contributed by atoms with Crippen LogP contribution in [0.15, 0.2) is 40.4 Å². The van der Waals surface area contributed by atoms with Crippen LogP contribution < -0.4 is 14.8 Å². The SMILES string of the molecule is C=C(Cl)/C(C[C@H](OC(=O)C1CSCCN1)c1ccc(OC(F)F)c(OCC2CC2)c1)=C(\C)Cl. The van der Waals surface area contributed by atoms with E-state index in [1.165, 1.54) is 6.07 Å². The molecule has 1 saturated carbocycles. The molecule has 1 aliphatic heterocycles. The zero-order valence-electron chi connectivity index (χ0n) is 18.3. The Balaban J connectivity index is 1.89. The number of halogens is 4. The van der Waals surface area contributed by atoms with Crippen LogP contribution in [0, 0.1) is 5.92 Å². The average Bonchev–Trinajstić information content (AvgIpc) is 3.60. The van der Waals surface area contributed by atoms with Crippen molar-refractivity contribution in [3.63, 3.8) is 0 Å². The lowest BCUT2D eigenvalue weighted by Crippen LogP contribution is -2.44. The van der Waals surface area contributed by atoms with E-state index in [2.05, 4.69) is 16.6 Å². The van der Waals surface area contributed by atoms with Gasteiger partial charge in [-0.15, -0.1) is 0 Å². The third-order valence-corrected chi connectivity index (χ3v) is 6.84. The van der Waals surface area contributed by atoms with E-state index in [1.54, 1.807) is 30.8 Å². The van der Waals surface area contributed by atoms with Gasteiger partial charge in [0.25, 0.3) is 0 Å². The van der Waals surface area contributed by atoms with E-state index in [0.29, 0.717) is 41.0 Å². The molecule has 182 valence electrons. The Hall–Kier alpha value is -1.48. The monoisotopic (exact) mass is 521 g/mol. The predicted octanol–water partition coefficient (Wildman–Crippen LogP) is 6.02. The molecule has 1 aromatic rings. The van der Waals surface area contributed by atoms with Gasteiger partial charge in [-0.1, -0.05) is 35.8 Å². The Morgan fingerprint density at radius 2 is 2.06 bits per heavy atom. The molecule has 5 nitrogen and oxygen atoms in total. The van der Waals surface area contributed by atoms with Crippen molar-refractivity contribution in [2.75, 3.05) is 24.7 Å². The summed E-state index contributed by atoms with van der Waals surface area (Å²) in [4.78, 5) is 12.9. The number of benzene rings is 1. The number of alkyl halides is 2. The van der Waals surface area contributed by atoms with Gasteiger partial charge in [0.2, 0.25) is 0 Å². The summed E-state index contributed by atoms with van der Waals surface area (Å²) < 4.78 is 42.1. The average molecular weight is 522 g/mol. The summed E-state index contributed by atoms with van der Waals surface area (Å²) in [6.45, 7) is 3.54. The molecule has 2 aliphatic rings. The topological polar surface area (TPSA) is 56.8 Å². The van der Waals surface area contributed by atoms with Crippen molar-refractivity contribution < 1.29 is 27.8 Å². The molecular formula is C23H27Cl2F2NO4S. The van der Waals surface area contributed by atoms with Crippen molar-refractivity contribution in [1.82, 2.24) is 5.32 Å². The standard InChI is InChI=1S/C23H27Cl2F2NO4S/c1-13(24)17(14(2)25)10-20(31-22(29)18-12-33-8-7-28-18)16-5-6-19(32-23(26)27)21(9-16)30-11-15-3-4-15/h5-6,9,15,18,20,23,28H,1,3-4,7-8,10-12H2,2H3/b17-14+/t18?,20-/m0/s1. The molecule has 0 radical (unpaired) electrons. The Labute approximate surface area is 206 Å². The molecule has 2 fully saturated rings. The third kappa shape index (κ3) is 8.05. The maximum absolute atomic E-state index is 12.9. The zero-order valence-corrected chi connectivity index (χ0v) is 20.6. The molecule has 0 aromatic heterocycles. The summed E-state index contributed by atoms with van der Waals surface area (Å²) in [5.41, 5.74) is 1.09. The molecule has 1 unspecified atom stereocenters. The van der Waals surface area contributed by atoms with Gasteiger partial charge in [-0.2, -0.15) is 20.5 Å². The first-order valence-electron chi connectivity index (χ1n) is 10.7. The maximum atomic E-state index is 12.9. The second kappa shape index (κ2) is 12.3. The van der Waals surface area contributed by atoms with Crippen molar-refractivity contribution >= 4 is 40.9 Å². The Morgan fingerprint density at radius 3 is 2.64 bits per heavy atom. The summed E-state index contributed by atoms with van der Waals surface area (Å²) in [6, 6.07) is 4.09. The van der Waals surface area contributed by atoms with Gasteiger partial charge >= 0.3 is 12.6 Å². The summed E-state index contributed by atoms with van der Waals surface area (Å²) in [6.07, 6.45) is 1.46. The lowest BCUT2D eigenvalue weighted by molar-refractivity contribution is -0.151. The number of thioether (sulfide) groups is 1. The van der Waals surface area contributed by atoms with Gasteiger partial charge in [-0.05, 0) is 49.0 Å².